The third-order valence-corrected chi connectivity index (χ3v) is 3.42. The average Bonchev–Trinajstić information content (AvgIpc) is 2.62. The van der Waals surface area contributed by atoms with Gasteiger partial charge in [-0.25, -0.2) is 0 Å². The maximum atomic E-state index is 11.1. The molecule has 0 spiro atoms. The largest absolute Gasteiger partial charge is 0.354 e. The first-order chi connectivity index (χ1) is 6.95. The molecule has 1 aliphatic heterocycles. The Labute approximate surface area is 92.2 Å². The summed E-state index contributed by atoms with van der Waals surface area (Å²) in [7, 11) is 2.15. The van der Waals surface area contributed by atoms with Crippen LogP contribution in [-0.2, 0) is 4.79 Å². The molecule has 1 saturated heterocycles. The molecule has 0 aromatic rings. The third kappa shape index (κ3) is 3.47. The van der Waals surface area contributed by atoms with E-state index in [1.807, 2.05) is 0 Å². The Morgan fingerprint density at radius 2 is 2.27 bits per heavy atom. The minimum atomic E-state index is -0.0607. The second kappa shape index (κ2) is 4.94. The predicted molar refractivity (Wildman–Crippen MR) is 61.4 cm³/mol. The quantitative estimate of drug-likeness (QED) is 0.693. The summed E-state index contributed by atoms with van der Waals surface area (Å²) in [5, 5.41) is 2.88. The van der Waals surface area contributed by atoms with Crippen molar-refractivity contribution in [1.29, 1.82) is 0 Å². The summed E-state index contributed by atoms with van der Waals surface area (Å²) in [6.07, 6.45) is 1.22. The molecule has 4 heteroatoms. The van der Waals surface area contributed by atoms with Crippen LogP contribution in [0.2, 0.25) is 0 Å². The van der Waals surface area contributed by atoms with Crippen LogP contribution in [0.4, 0.5) is 0 Å². The monoisotopic (exact) mass is 213 g/mol. The Hall–Kier alpha value is -0.610. The second-order valence-corrected chi connectivity index (χ2v) is 5.22. The Bertz CT molecular complexity index is 228. The smallest absolute Gasteiger partial charge is 0.233 e. The fraction of sp³-hybridized carbons (Fsp3) is 0.909. The van der Waals surface area contributed by atoms with Crippen molar-refractivity contribution in [3.8, 4) is 0 Å². The molecule has 4 nitrogen and oxygen atoms in total. The van der Waals surface area contributed by atoms with E-state index in [-0.39, 0.29) is 17.9 Å². The Morgan fingerprint density at radius 1 is 1.60 bits per heavy atom. The van der Waals surface area contributed by atoms with Crippen molar-refractivity contribution in [1.82, 2.24) is 10.2 Å². The zero-order valence-corrected chi connectivity index (χ0v) is 10.0. The van der Waals surface area contributed by atoms with E-state index in [9.17, 15) is 4.79 Å². The van der Waals surface area contributed by atoms with Gasteiger partial charge < -0.3 is 16.0 Å². The molecule has 0 aromatic carbocycles. The molecular formula is C11H23N3O. The third-order valence-electron chi connectivity index (χ3n) is 3.42. The zero-order chi connectivity index (χ0) is 11.5. The van der Waals surface area contributed by atoms with Gasteiger partial charge in [0.15, 0.2) is 0 Å². The van der Waals surface area contributed by atoms with Crippen LogP contribution < -0.4 is 11.1 Å². The highest BCUT2D eigenvalue weighted by Crippen LogP contribution is 2.32. The van der Waals surface area contributed by atoms with E-state index < -0.39 is 0 Å². The van der Waals surface area contributed by atoms with E-state index >= 15 is 0 Å². The molecular weight excluding hydrogens is 190 g/mol. The highest BCUT2D eigenvalue weighted by molar-refractivity contribution is 5.77. The second-order valence-electron chi connectivity index (χ2n) is 5.22. The molecule has 1 aliphatic rings. The molecule has 1 fully saturated rings. The first-order valence-electron chi connectivity index (χ1n) is 5.61. The van der Waals surface area contributed by atoms with Gasteiger partial charge in [-0.2, -0.15) is 0 Å². The first-order valence-corrected chi connectivity index (χ1v) is 5.61. The van der Waals surface area contributed by atoms with Gasteiger partial charge in [-0.1, -0.05) is 13.8 Å². The normalized spacial score (nSPS) is 23.1. The lowest BCUT2D eigenvalue weighted by Gasteiger charge is -2.31. The zero-order valence-electron chi connectivity index (χ0n) is 10.0. The molecule has 15 heavy (non-hydrogen) atoms. The number of rotatable bonds is 4. The summed E-state index contributed by atoms with van der Waals surface area (Å²) in [5.74, 6) is 0.606. The number of hydrogen-bond donors (Lipinski definition) is 2. The van der Waals surface area contributed by atoms with Crippen molar-refractivity contribution in [2.75, 3.05) is 33.2 Å². The standard InChI is InChI=1S/C11H23N3O/c1-11(2,8-13-10(15)6-12)9-4-5-14(3)7-9/h9H,4-8,12H2,1-3H3,(H,13,15). The number of nitrogens with zero attached hydrogens (tertiary/aromatic N) is 1. The molecule has 0 bridgehead atoms. The van der Waals surface area contributed by atoms with Crippen molar-refractivity contribution in [2.45, 2.75) is 20.3 Å². The van der Waals surface area contributed by atoms with Crippen LogP contribution in [0.3, 0.4) is 0 Å². The molecule has 1 rings (SSSR count). The van der Waals surface area contributed by atoms with E-state index in [0.29, 0.717) is 5.92 Å². The molecule has 88 valence electrons. The number of hydrogen-bond acceptors (Lipinski definition) is 3. The molecule has 1 atom stereocenters. The highest BCUT2D eigenvalue weighted by atomic mass is 16.1. The van der Waals surface area contributed by atoms with Crippen LogP contribution in [-0.4, -0.2) is 44.0 Å². The van der Waals surface area contributed by atoms with Gasteiger partial charge in [-0.05, 0) is 31.3 Å². The number of likely N-dealkylation sites (tertiary alicyclic amines) is 1. The predicted octanol–water partition coefficient (Wildman–Crippen LogP) is 0.0392. The molecule has 0 aromatic heterocycles. The average molecular weight is 213 g/mol. The Kier molecular flexibility index (Phi) is 4.11. The van der Waals surface area contributed by atoms with Crippen LogP contribution in [0.25, 0.3) is 0 Å². The van der Waals surface area contributed by atoms with Crippen molar-refractivity contribution in [3.63, 3.8) is 0 Å². The summed E-state index contributed by atoms with van der Waals surface area (Å²) in [4.78, 5) is 13.4. The summed E-state index contributed by atoms with van der Waals surface area (Å²) >= 11 is 0. The molecule has 1 unspecified atom stereocenters. The summed E-state index contributed by atoms with van der Waals surface area (Å²) in [6.45, 7) is 7.54. The van der Waals surface area contributed by atoms with Crippen LogP contribution in [0, 0.1) is 11.3 Å². The van der Waals surface area contributed by atoms with Crippen LogP contribution in [0.5, 0.6) is 0 Å². The number of nitrogens with one attached hydrogen (secondary N) is 1. The van der Waals surface area contributed by atoms with Crippen molar-refractivity contribution in [2.24, 2.45) is 17.1 Å². The van der Waals surface area contributed by atoms with Gasteiger partial charge >= 0.3 is 0 Å². The maximum absolute atomic E-state index is 11.1. The van der Waals surface area contributed by atoms with Gasteiger partial charge in [0.1, 0.15) is 0 Å². The minimum Gasteiger partial charge on any atom is -0.354 e. The van der Waals surface area contributed by atoms with Gasteiger partial charge in [0.25, 0.3) is 0 Å². The van der Waals surface area contributed by atoms with E-state index in [4.69, 9.17) is 5.73 Å². The lowest BCUT2D eigenvalue weighted by Crippen LogP contribution is -2.41. The fourth-order valence-electron chi connectivity index (χ4n) is 2.12. The topological polar surface area (TPSA) is 58.4 Å². The van der Waals surface area contributed by atoms with E-state index in [1.165, 1.54) is 13.0 Å². The van der Waals surface area contributed by atoms with E-state index in [2.05, 4.69) is 31.1 Å². The van der Waals surface area contributed by atoms with Gasteiger partial charge in [-0.15, -0.1) is 0 Å². The van der Waals surface area contributed by atoms with Crippen molar-refractivity contribution >= 4 is 5.91 Å². The highest BCUT2D eigenvalue weighted by Gasteiger charge is 2.33. The van der Waals surface area contributed by atoms with Gasteiger partial charge in [0.05, 0.1) is 6.54 Å². The van der Waals surface area contributed by atoms with Gasteiger partial charge in [0, 0.05) is 13.1 Å². The molecule has 1 heterocycles. The Balaban J connectivity index is 2.40. The molecule has 3 N–H and O–H groups in total. The van der Waals surface area contributed by atoms with Gasteiger partial charge in [0.2, 0.25) is 5.91 Å². The number of nitrogens with two attached hydrogens (primary N) is 1. The van der Waals surface area contributed by atoms with Crippen molar-refractivity contribution < 1.29 is 4.79 Å². The first kappa shape index (κ1) is 12.5. The number of carbonyl (C=O) groups is 1. The number of amides is 1. The molecule has 1 amide bonds. The van der Waals surface area contributed by atoms with E-state index in [1.54, 1.807) is 0 Å². The molecule has 0 saturated carbocycles. The van der Waals surface area contributed by atoms with E-state index in [0.717, 1.165) is 13.1 Å². The SMILES string of the molecule is CN1CCC(C(C)(C)CNC(=O)CN)C1. The number of carbonyl (C=O) groups excluding carboxylic acids is 1. The van der Waals surface area contributed by atoms with Gasteiger partial charge in [-0.3, -0.25) is 4.79 Å². The Morgan fingerprint density at radius 3 is 2.73 bits per heavy atom. The maximum Gasteiger partial charge on any atom is 0.233 e. The minimum absolute atomic E-state index is 0.0607. The lowest BCUT2D eigenvalue weighted by atomic mass is 9.78. The van der Waals surface area contributed by atoms with Crippen LogP contribution in [0.15, 0.2) is 0 Å². The fourth-order valence-corrected chi connectivity index (χ4v) is 2.12. The molecule has 0 radical (unpaired) electrons. The van der Waals surface area contributed by atoms with Crippen LogP contribution >= 0.6 is 0 Å². The molecule has 0 aliphatic carbocycles. The lowest BCUT2D eigenvalue weighted by molar-refractivity contribution is -0.120. The van der Waals surface area contributed by atoms with Crippen molar-refractivity contribution in [3.05, 3.63) is 0 Å². The summed E-state index contributed by atoms with van der Waals surface area (Å²) in [6, 6.07) is 0. The summed E-state index contributed by atoms with van der Waals surface area (Å²) < 4.78 is 0. The van der Waals surface area contributed by atoms with Crippen LogP contribution in [0.1, 0.15) is 20.3 Å². The summed E-state index contributed by atoms with van der Waals surface area (Å²) in [5.41, 5.74) is 5.42.